The quantitative estimate of drug-likeness (QED) is 0.644. The topological polar surface area (TPSA) is 62.0 Å². The molecule has 24 heavy (non-hydrogen) atoms. The van der Waals surface area contributed by atoms with Gasteiger partial charge in [0.25, 0.3) is 10.0 Å². The molecular formula is C15H10BrF3N2O2S. The van der Waals surface area contributed by atoms with Crippen molar-refractivity contribution in [1.82, 2.24) is 4.98 Å². The molecule has 0 atom stereocenters. The molecule has 3 aromatic rings. The molecule has 1 aromatic heterocycles. The van der Waals surface area contributed by atoms with Gasteiger partial charge in [0.2, 0.25) is 0 Å². The smallest absolute Gasteiger partial charge is 0.351 e. The van der Waals surface area contributed by atoms with Crippen LogP contribution in [-0.2, 0) is 16.2 Å². The summed E-state index contributed by atoms with van der Waals surface area (Å²) in [4.78, 5) is 2.31. The van der Waals surface area contributed by atoms with E-state index in [1.807, 2.05) is 0 Å². The molecule has 0 aliphatic heterocycles. The third-order valence-corrected chi connectivity index (χ3v) is 5.23. The number of hydrogen-bond donors (Lipinski definition) is 2. The van der Waals surface area contributed by atoms with Crippen LogP contribution in [0, 0.1) is 0 Å². The van der Waals surface area contributed by atoms with Gasteiger partial charge in [-0.3, -0.25) is 4.72 Å². The van der Waals surface area contributed by atoms with Gasteiger partial charge >= 0.3 is 6.18 Å². The fourth-order valence-corrected chi connectivity index (χ4v) is 3.49. The number of sulfonamides is 1. The van der Waals surface area contributed by atoms with E-state index in [9.17, 15) is 21.6 Å². The Morgan fingerprint density at radius 1 is 1.00 bits per heavy atom. The number of alkyl halides is 3. The maximum Gasteiger partial charge on any atom is 0.431 e. The van der Waals surface area contributed by atoms with Crippen LogP contribution < -0.4 is 4.72 Å². The summed E-state index contributed by atoms with van der Waals surface area (Å²) >= 11 is 3.21. The Labute approximate surface area is 143 Å². The minimum Gasteiger partial charge on any atom is -0.351 e. The predicted molar refractivity (Wildman–Crippen MR) is 88.3 cm³/mol. The molecule has 0 saturated heterocycles. The highest BCUT2D eigenvalue weighted by atomic mass is 79.9. The van der Waals surface area contributed by atoms with E-state index >= 15 is 0 Å². The number of hydrogen-bond acceptors (Lipinski definition) is 2. The fourth-order valence-electron chi connectivity index (χ4n) is 2.18. The van der Waals surface area contributed by atoms with Crippen LogP contribution in [0.3, 0.4) is 0 Å². The van der Waals surface area contributed by atoms with Gasteiger partial charge in [-0.2, -0.15) is 13.2 Å². The van der Waals surface area contributed by atoms with E-state index in [-0.39, 0.29) is 21.5 Å². The number of aromatic amines is 1. The van der Waals surface area contributed by atoms with Gasteiger partial charge in [0.1, 0.15) is 5.69 Å². The number of benzene rings is 2. The van der Waals surface area contributed by atoms with Crippen LogP contribution in [0.2, 0.25) is 0 Å². The molecule has 0 aliphatic carbocycles. The first-order valence-electron chi connectivity index (χ1n) is 6.63. The normalized spacial score (nSPS) is 12.5. The number of halogens is 4. The van der Waals surface area contributed by atoms with Crippen molar-refractivity contribution in [2.75, 3.05) is 4.72 Å². The van der Waals surface area contributed by atoms with Gasteiger partial charge in [-0.25, -0.2) is 8.42 Å². The van der Waals surface area contributed by atoms with Gasteiger partial charge in [-0.15, -0.1) is 0 Å². The van der Waals surface area contributed by atoms with Crippen molar-refractivity contribution in [1.29, 1.82) is 0 Å². The monoisotopic (exact) mass is 418 g/mol. The summed E-state index contributed by atoms with van der Waals surface area (Å²) in [6.45, 7) is 0. The second-order valence-electron chi connectivity index (χ2n) is 5.04. The molecular weight excluding hydrogens is 409 g/mol. The van der Waals surface area contributed by atoms with Crippen molar-refractivity contribution in [3.05, 3.63) is 58.7 Å². The average molecular weight is 419 g/mol. The van der Waals surface area contributed by atoms with Crippen LogP contribution >= 0.6 is 15.9 Å². The van der Waals surface area contributed by atoms with E-state index in [0.29, 0.717) is 0 Å². The Kier molecular flexibility index (Phi) is 4.08. The molecule has 0 fully saturated rings. The zero-order valence-corrected chi connectivity index (χ0v) is 14.3. The Morgan fingerprint density at radius 3 is 2.29 bits per heavy atom. The number of H-pyrrole nitrogens is 1. The van der Waals surface area contributed by atoms with Crippen LogP contribution in [0.5, 0.6) is 0 Å². The number of anilines is 1. The maximum absolute atomic E-state index is 12.7. The highest BCUT2D eigenvalue weighted by Gasteiger charge is 2.32. The first-order chi connectivity index (χ1) is 11.1. The van der Waals surface area contributed by atoms with Crippen molar-refractivity contribution in [3.8, 4) is 0 Å². The van der Waals surface area contributed by atoms with Gasteiger partial charge in [-0.05, 0) is 48.5 Å². The largest absolute Gasteiger partial charge is 0.431 e. The van der Waals surface area contributed by atoms with Crippen LogP contribution in [0.1, 0.15) is 5.69 Å². The third kappa shape index (κ3) is 3.41. The maximum atomic E-state index is 12.7. The van der Waals surface area contributed by atoms with Crippen LogP contribution in [0.25, 0.3) is 10.9 Å². The summed E-state index contributed by atoms with van der Waals surface area (Å²) in [5.41, 5.74) is -0.433. The Hall–Kier alpha value is -2.00. The summed E-state index contributed by atoms with van der Waals surface area (Å²) in [6, 6.07) is 11.1. The lowest BCUT2D eigenvalue weighted by molar-refractivity contribution is -0.140. The van der Waals surface area contributed by atoms with E-state index in [2.05, 4.69) is 25.6 Å². The van der Waals surface area contributed by atoms with Gasteiger partial charge in [-0.1, -0.05) is 15.9 Å². The van der Waals surface area contributed by atoms with Crippen molar-refractivity contribution < 1.29 is 21.6 Å². The summed E-state index contributed by atoms with van der Waals surface area (Å²) in [7, 11) is -3.82. The Bertz CT molecular complexity index is 996. The highest BCUT2D eigenvalue weighted by molar-refractivity contribution is 9.10. The standard InChI is InChI=1S/C15H10BrF3N2O2S/c16-10-1-4-12(5-2-10)24(22,23)21-11-3-6-13-9(7-11)8-14(20-13)15(17,18)19/h1-8,20-21H. The lowest BCUT2D eigenvalue weighted by Gasteiger charge is -2.08. The molecule has 0 aliphatic rings. The molecule has 0 radical (unpaired) electrons. The van der Waals surface area contributed by atoms with E-state index in [0.717, 1.165) is 10.5 Å². The Morgan fingerprint density at radius 2 is 1.67 bits per heavy atom. The molecule has 9 heteroatoms. The molecule has 3 rings (SSSR count). The summed E-state index contributed by atoms with van der Waals surface area (Å²) < 4.78 is 65.8. The minimum atomic E-state index is -4.49. The van der Waals surface area contributed by atoms with Gasteiger partial charge < -0.3 is 4.98 Å². The molecule has 2 N–H and O–H groups in total. The number of fused-ring (bicyclic) bond motifs is 1. The summed E-state index contributed by atoms with van der Waals surface area (Å²) in [5, 5.41) is 0.262. The first-order valence-corrected chi connectivity index (χ1v) is 8.91. The molecule has 1 heterocycles. The van der Waals surface area contributed by atoms with Crippen molar-refractivity contribution in [3.63, 3.8) is 0 Å². The molecule has 2 aromatic carbocycles. The number of rotatable bonds is 3. The predicted octanol–water partition coefficient (Wildman–Crippen LogP) is 4.75. The van der Waals surface area contributed by atoms with Gasteiger partial charge in [0.05, 0.1) is 4.90 Å². The molecule has 0 bridgehead atoms. The molecule has 4 nitrogen and oxygen atoms in total. The van der Waals surface area contributed by atoms with E-state index in [1.54, 1.807) is 12.1 Å². The molecule has 0 unspecified atom stereocenters. The molecule has 0 spiro atoms. The molecule has 126 valence electrons. The second kappa shape index (κ2) is 5.82. The lowest BCUT2D eigenvalue weighted by Crippen LogP contribution is -2.12. The summed E-state index contributed by atoms with van der Waals surface area (Å²) in [6.07, 6.45) is -4.49. The zero-order valence-electron chi connectivity index (χ0n) is 11.9. The van der Waals surface area contributed by atoms with Crippen LogP contribution in [-0.4, -0.2) is 13.4 Å². The van der Waals surface area contributed by atoms with Gasteiger partial charge in [0.15, 0.2) is 0 Å². The molecule has 0 amide bonds. The SMILES string of the molecule is O=S(=O)(Nc1ccc2[nH]c(C(F)(F)F)cc2c1)c1ccc(Br)cc1. The second-order valence-corrected chi connectivity index (χ2v) is 7.64. The van der Waals surface area contributed by atoms with E-state index in [1.165, 1.54) is 30.3 Å². The number of aromatic nitrogens is 1. The minimum absolute atomic E-state index is 0.0517. The first kappa shape index (κ1) is 16.8. The average Bonchev–Trinajstić information content (AvgIpc) is 2.90. The third-order valence-electron chi connectivity index (χ3n) is 3.30. The summed E-state index contributed by atoms with van der Waals surface area (Å²) in [5.74, 6) is 0. The van der Waals surface area contributed by atoms with E-state index in [4.69, 9.17) is 0 Å². The van der Waals surface area contributed by atoms with Gasteiger partial charge in [0, 0.05) is 21.1 Å². The molecule has 0 saturated carbocycles. The fraction of sp³-hybridized carbons (Fsp3) is 0.0667. The van der Waals surface area contributed by atoms with Crippen LogP contribution in [0.4, 0.5) is 18.9 Å². The van der Waals surface area contributed by atoms with Crippen molar-refractivity contribution in [2.45, 2.75) is 11.1 Å². The Balaban J connectivity index is 1.93. The lowest BCUT2D eigenvalue weighted by atomic mass is 10.2. The zero-order chi connectivity index (χ0) is 17.5. The van der Waals surface area contributed by atoms with Crippen molar-refractivity contribution >= 4 is 42.5 Å². The van der Waals surface area contributed by atoms with E-state index < -0.39 is 21.9 Å². The number of nitrogens with one attached hydrogen (secondary N) is 2. The highest BCUT2D eigenvalue weighted by Crippen LogP contribution is 2.32. The van der Waals surface area contributed by atoms with Crippen LogP contribution in [0.15, 0.2) is 57.9 Å². The van der Waals surface area contributed by atoms with Crippen molar-refractivity contribution in [2.24, 2.45) is 0 Å².